The summed E-state index contributed by atoms with van der Waals surface area (Å²) in [5.74, 6) is -0.678. The molecule has 4 aromatic rings. The molecule has 1 aliphatic heterocycles. The molecule has 2 N–H and O–H groups in total. The number of benzene rings is 3. The highest BCUT2D eigenvalue weighted by atomic mass is 32.2. The van der Waals surface area contributed by atoms with Crippen molar-refractivity contribution < 1.29 is 30.5 Å². The molecule has 204 valence electrons. The van der Waals surface area contributed by atoms with Crippen molar-refractivity contribution in [1.29, 1.82) is 0 Å². The first-order valence-corrected chi connectivity index (χ1v) is 17.2. The van der Waals surface area contributed by atoms with E-state index in [1.165, 1.54) is 11.3 Å². The van der Waals surface area contributed by atoms with Crippen LogP contribution in [0.15, 0.2) is 82.0 Å². The summed E-state index contributed by atoms with van der Waals surface area (Å²) in [4.78, 5) is 3.14. The molecule has 0 amide bonds. The third kappa shape index (κ3) is 6.71. The van der Waals surface area contributed by atoms with Crippen LogP contribution in [0.4, 0.5) is 5.69 Å². The lowest BCUT2D eigenvalue weighted by Gasteiger charge is -2.21. The summed E-state index contributed by atoms with van der Waals surface area (Å²) in [5, 5.41) is 5.95. The Labute approximate surface area is 236 Å². The van der Waals surface area contributed by atoms with Gasteiger partial charge in [0.1, 0.15) is 0 Å². The van der Waals surface area contributed by atoms with Crippen LogP contribution in [-0.2, 0) is 26.8 Å². The molecule has 0 radical (unpaired) electrons. The summed E-state index contributed by atoms with van der Waals surface area (Å²) in [6, 6.07) is 22.0. The summed E-state index contributed by atoms with van der Waals surface area (Å²) in [6.45, 7) is 0.773. The molecule has 5 rings (SSSR count). The first-order chi connectivity index (χ1) is 18.6. The van der Waals surface area contributed by atoms with Crippen LogP contribution in [0.5, 0.6) is 0 Å². The molecule has 0 bridgehead atoms. The predicted octanol–water partition coefficient (Wildman–Crippen LogP) is 5.32. The van der Waals surface area contributed by atoms with Crippen molar-refractivity contribution >= 4 is 65.9 Å². The molecule has 0 saturated heterocycles. The average Bonchev–Trinajstić information content (AvgIpc) is 3.44. The second-order valence-electron chi connectivity index (χ2n) is 9.13. The van der Waals surface area contributed by atoms with Gasteiger partial charge in [0.05, 0.1) is 33.7 Å². The number of hydrogen-bond donors (Lipinski definition) is 2. The van der Waals surface area contributed by atoms with Crippen molar-refractivity contribution in [1.82, 2.24) is 0 Å². The molecule has 39 heavy (non-hydrogen) atoms. The van der Waals surface area contributed by atoms with Crippen LogP contribution in [0.3, 0.4) is 0 Å². The maximum Gasteiger partial charge on any atom is 0.265 e. The molecule has 12 heteroatoms. The highest BCUT2D eigenvalue weighted by Gasteiger charge is 2.30. The van der Waals surface area contributed by atoms with Crippen LogP contribution in [0, 0.1) is 0 Å². The minimum Gasteiger partial charge on any atom is -0.334 e. The van der Waals surface area contributed by atoms with Crippen molar-refractivity contribution in [3.8, 4) is 11.3 Å². The fourth-order valence-electron chi connectivity index (χ4n) is 4.66. The Bertz CT molecular complexity index is 1750. The van der Waals surface area contributed by atoms with Crippen LogP contribution < -0.4 is 9.47 Å². The van der Waals surface area contributed by atoms with Gasteiger partial charge in [0.15, 0.2) is 6.54 Å². The maximum absolute atomic E-state index is 11.4. The first kappa shape index (κ1) is 27.8. The molecule has 0 atom stereocenters. The van der Waals surface area contributed by atoms with Gasteiger partial charge in [-0.25, -0.2) is 0 Å². The van der Waals surface area contributed by atoms with Crippen molar-refractivity contribution in [2.24, 2.45) is 0 Å². The first-order valence-electron chi connectivity index (χ1n) is 12.2. The largest absolute Gasteiger partial charge is 0.334 e. The Morgan fingerprint density at radius 2 is 1.54 bits per heavy atom. The predicted molar refractivity (Wildman–Crippen MR) is 157 cm³/mol. The van der Waals surface area contributed by atoms with Gasteiger partial charge in [-0.15, -0.1) is 0 Å². The highest BCUT2D eigenvalue weighted by Crippen LogP contribution is 2.50. The van der Waals surface area contributed by atoms with Crippen molar-refractivity contribution in [3.05, 3.63) is 82.1 Å². The molecule has 1 aromatic heterocycles. The Morgan fingerprint density at radius 3 is 2.28 bits per heavy atom. The zero-order valence-corrected chi connectivity index (χ0v) is 24.1. The smallest absolute Gasteiger partial charge is 0.265 e. The molecule has 2 heterocycles. The van der Waals surface area contributed by atoms with Gasteiger partial charge < -0.3 is 4.90 Å². The van der Waals surface area contributed by atoms with Crippen LogP contribution in [0.1, 0.15) is 17.8 Å². The number of anilines is 1. The summed E-state index contributed by atoms with van der Waals surface area (Å²) in [5.41, 5.74) is 2.92. The molecule has 1 aliphatic rings. The van der Waals surface area contributed by atoms with Gasteiger partial charge in [0.2, 0.25) is 5.69 Å². The number of thioether (sulfide) groups is 1. The van der Waals surface area contributed by atoms with Gasteiger partial charge in [-0.2, -0.15) is 21.4 Å². The van der Waals surface area contributed by atoms with E-state index < -0.39 is 20.2 Å². The molecular weight excluding hydrogens is 577 g/mol. The van der Waals surface area contributed by atoms with E-state index in [1.54, 1.807) is 11.8 Å². The molecule has 0 unspecified atom stereocenters. The summed E-state index contributed by atoms with van der Waals surface area (Å²) in [7, 11) is -8.18. The molecule has 0 fully saturated rings. The second kappa shape index (κ2) is 11.4. The lowest BCUT2D eigenvalue weighted by atomic mass is 10.1. The average molecular weight is 604 g/mol. The monoisotopic (exact) mass is 603 g/mol. The van der Waals surface area contributed by atoms with Gasteiger partial charge in [-0.3, -0.25) is 9.11 Å². The molecule has 0 aliphatic carbocycles. The summed E-state index contributed by atoms with van der Waals surface area (Å²) in [6.07, 6.45) is 2.53. The van der Waals surface area contributed by atoms with E-state index >= 15 is 0 Å². The quantitative estimate of drug-likeness (QED) is 0.185. The standard InChI is InChI=1S/C27H26N2O6S4/c30-38(31,32)16-6-14-28-23(21-9-2-1-3-10-21)19-36-25(28)18-26-29(15-7-17-39(33,34)35)27-22-11-5-4-8-20(22)12-13-24(27)37-26/h1-5,8-13,18-19H,6-7,14-17H2,(H-,30,31,32,33,34,35)/p+1. The lowest BCUT2D eigenvalue weighted by Crippen LogP contribution is -2.37. The zero-order chi connectivity index (χ0) is 27.6. The van der Waals surface area contributed by atoms with Crippen molar-refractivity contribution in [3.63, 3.8) is 0 Å². The Kier molecular flexibility index (Phi) is 8.13. The van der Waals surface area contributed by atoms with E-state index in [4.69, 9.17) is 0 Å². The van der Waals surface area contributed by atoms with Crippen molar-refractivity contribution in [2.75, 3.05) is 23.0 Å². The van der Waals surface area contributed by atoms with Gasteiger partial charge in [-0.1, -0.05) is 71.6 Å². The van der Waals surface area contributed by atoms with Gasteiger partial charge in [0, 0.05) is 28.8 Å². The zero-order valence-electron chi connectivity index (χ0n) is 20.8. The number of thiazole rings is 1. The topological polar surface area (TPSA) is 116 Å². The Morgan fingerprint density at radius 1 is 0.846 bits per heavy atom. The highest BCUT2D eigenvalue weighted by molar-refractivity contribution is 8.04. The minimum atomic E-state index is -4.09. The summed E-state index contributed by atoms with van der Waals surface area (Å²) < 4.78 is 66.3. The molecule has 8 nitrogen and oxygen atoms in total. The second-order valence-corrected chi connectivity index (χ2v) is 14.2. The number of hydrogen-bond acceptors (Lipinski definition) is 7. The van der Waals surface area contributed by atoms with Crippen LogP contribution in [0.2, 0.25) is 0 Å². The fraction of sp³-hybridized carbons (Fsp3) is 0.222. The fourth-order valence-corrected chi connectivity index (χ4v) is 7.85. The minimum absolute atomic E-state index is 0.242. The third-order valence-electron chi connectivity index (χ3n) is 6.35. The molecule has 3 aromatic carbocycles. The normalized spacial score (nSPS) is 14.8. The van der Waals surface area contributed by atoms with E-state index in [0.29, 0.717) is 13.1 Å². The molecule has 0 saturated carbocycles. The van der Waals surface area contributed by atoms with Crippen LogP contribution in [0.25, 0.3) is 28.1 Å². The Balaban J connectivity index is 1.56. The van der Waals surface area contributed by atoms with Gasteiger partial charge in [-0.05, 0) is 30.0 Å². The number of nitrogens with zero attached hydrogens (tertiary/aromatic N) is 2. The van der Waals surface area contributed by atoms with Crippen LogP contribution in [-0.4, -0.2) is 44.0 Å². The van der Waals surface area contributed by atoms with E-state index in [0.717, 1.165) is 42.6 Å². The number of fused-ring (bicyclic) bond motifs is 3. The van der Waals surface area contributed by atoms with Crippen LogP contribution >= 0.6 is 23.1 Å². The van der Waals surface area contributed by atoms with Crippen molar-refractivity contribution in [2.45, 2.75) is 24.3 Å². The van der Waals surface area contributed by atoms with Gasteiger partial charge in [0.25, 0.3) is 25.2 Å². The molecular formula is C27H27N2O6S4+. The lowest BCUT2D eigenvalue weighted by molar-refractivity contribution is -0.683. The van der Waals surface area contributed by atoms with E-state index in [9.17, 15) is 25.9 Å². The number of rotatable bonds is 10. The van der Waals surface area contributed by atoms with Gasteiger partial charge >= 0.3 is 0 Å². The van der Waals surface area contributed by atoms with E-state index in [1.807, 2.05) is 66.1 Å². The summed E-state index contributed by atoms with van der Waals surface area (Å²) >= 11 is 3.11. The maximum atomic E-state index is 11.4. The third-order valence-corrected chi connectivity index (χ3v) is 9.97. The molecule has 0 spiro atoms. The SMILES string of the molecule is O=S(=O)(O)CCCN1C(=Cc2scc(-c3ccccc3)[n+]2CCCS(=O)(=O)O)Sc2ccc3ccccc3c21. The Hall–Kier alpha value is -2.74. The van der Waals surface area contributed by atoms with E-state index in [-0.39, 0.29) is 24.3 Å². The van der Waals surface area contributed by atoms with E-state index in [2.05, 4.69) is 21.6 Å². The number of aromatic nitrogens is 1.